The Labute approximate surface area is 85.0 Å². The van der Waals surface area contributed by atoms with E-state index in [0.29, 0.717) is 5.11 Å². The second-order valence-corrected chi connectivity index (χ2v) is 3.62. The SMILES string of the molecule is CCNC(=S)NN=C1CCCCC1. The van der Waals surface area contributed by atoms with Crippen LogP contribution in [0.4, 0.5) is 0 Å². The van der Waals surface area contributed by atoms with Crippen LogP contribution in [0.2, 0.25) is 0 Å². The Morgan fingerprint density at radius 2 is 2.08 bits per heavy atom. The van der Waals surface area contributed by atoms with Crippen molar-refractivity contribution in [2.75, 3.05) is 6.54 Å². The van der Waals surface area contributed by atoms with E-state index in [-0.39, 0.29) is 0 Å². The molecule has 1 aliphatic rings. The predicted molar refractivity (Wildman–Crippen MR) is 59.9 cm³/mol. The molecule has 0 aromatic carbocycles. The molecule has 3 nitrogen and oxygen atoms in total. The highest BCUT2D eigenvalue weighted by atomic mass is 32.1. The topological polar surface area (TPSA) is 36.4 Å². The number of hydrogen-bond donors (Lipinski definition) is 2. The third-order valence-electron chi connectivity index (χ3n) is 2.08. The monoisotopic (exact) mass is 199 g/mol. The van der Waals surface area contributed by atoms with Crippen molar-refractivity contribution in [1.29, 1.82) is 0 Å². The van der Waals surface area contributed by atoms with Crippen LogP contribution in [0.5, 0.6) is 0 Å². The maximum Gasteiger partial charge on any atom is 0.186 e. The first-order chi connectivity index (χ1) is 6.33. The lowest BCUT2D eigenvalue weighted by Crippen LogP contribution is -2.32. The number of rotatable bonds is 2. The second kappa shape index (κ2) is 5.91. The molecule has 0 aromatic rings. The summed E-state index contributed by atoms with van der Waals surface area (Å²) in [6.45, 7) is 2.86. The van der Waals surface area contributed by atoms with E-state index in [0.717, 1.165) is 19.4 Å². The molecule has 0 unspecified atom stereocenters. The van der Waals surface area contributed by atoms with Gasteiger partial charge < -0.3 is 5.32 Å². The molecule has 13 heavy (non-hydrogen) atoms. The molecule has 0 spiro atoms. The molecule has 74 valence electrons. The van der Waals surface area contributed by atoms with Crippen LogP contribution >= 0.6 is 12.2 Å². The summed E-state index contributed by atoms with van der Waals surface area (Å²) < 4.78 is 0. The predicted octanol–water partition coefficient (Wildman–Crippen LogP) is 1.79. The molecule has 1 rings (SSSR count). The minimum atomic E-state index is 0.626. The number of hydrogen-bond acceptors (Lipinski definition) is 2. The van der Waals surface area contributed by atoms with Crippen molar-refractivity contribution in [3.8, 4) is 0 Å². The minimum absolute atomic E-state index is 0.626. The highest BCUT2D eigenvalue weighted by molar-refractivity contribution is 7.80. The molecular formula is C9H17N3S. The Bertz CT molecular complexity index is 193. The minimum Gasteiger partial charge on any atom is -0.362 e. The quantitative estimate of drug-likeness (QED) is 0.526. The summed E-state index contributed by atoms with van der Waals surface area (Å²) in [7, 11) is 0. The van der Waals surface area contributed by atoms with Crippen molar-refractivity contribution in [3.05, 3.63) is 0 Å². The lowest BCUT2D eigenvalue weighted by atomic mass is 9.99. The van der Waals surface area contributed by atoms with E-state index in [1.54, 1.807) is 0 Å². The molecule has 2 N–H and O–H groups in total. The molecule has 0 bridgehead atoms. The number of nitrogens with one attached hydrogen (secondary N) is 2. The van der Waals surface area contributed by atoms with Gasteiger partial charge in [-0.15, -0.1) is 0 Å². The lowest BCUT2D eigenvalue weighted by molar-refractivity contribution is 0.661. The average Bonchev–Trinajstić information content (AvgIpc) is 2.17. The molecule has 4 heteroatoms. The van der Waals surface area contributed by atoms with Gasteiger partial charge in [-0.1, -0.05) is 6.42 Å². The largest absolute Gasteiger partial charge is 0.362 e. The Hall–Kier alpha value is -0.640. The summed E-state index contributed by atoms with van der Waals surface area (Å²) in [5.41, 5.74) is 4.12. The van der Waals surface area contributed by atoms with Gasteiger partial charge in [0.2, 0.25) is 0 Å². The summed E-state index contributed by atoms with van der Waals surface area (Å²) in [5.74, 6) is 0. The van der Waals surface area contributed by atoms with Crippen molar-refractivity contribution in [2.45, 2.75) is 39.0 Å². The zero-order chi connectivity index (χ0) is 9.52. The highest BCUT2D eigenvalue weighted by Crippen LogP contribution is 2.13. The molecule has 0 aliphatic heterocycles. The van der Waals surface area contributed by atoms with Crippen molar-refractivity contribution in [2.24, 2.45) is 5.10 Å². The van der Waals surface area contributed by atoms with E-state index in [4.69, 9.17) is 12.2 Å². The van der Waals surface area contributed by atoms with Crippen LogP contribution in [0.25, 0.3) is 0 Å². The van der Waals surface area contributed by atoms with E-state index >= 15 is 0 Å². The highest BCUT2D eigenvalue weighted by Gasteiger charge is 2.06. The Morgan fingerprint density at radius 3 is 2.69 bits per heavy atom. The van der Waals surface area contributed by atoms with Crippen molar-refractivity contribution in [1.82, 2.24) is 10.7 Å². The first kappa shape index (κ1) is 10.4. The molecule has 0 aromatic heterocycles. The van der Waals surface area contributed by atoms with Crippen LogP contribution < -0.4 is 10.7 Å². The van der Waals surface area contributed by atoms with E-state index in [9.17, 15) is 0 Å². The standard InChI is InChI=1S/C9H17N3S/c1-2-10-9(13)12-11-8-6-4-3-5-7-8/h2-7H2,1H3,(H2,10,12,13). The molecule has 1 fully saturated rings. The van der Waals surface area contributed by atoms with Gasteiger partial charge in [0.1, 0.15) is 0 Å². The van der Waals surface area contributed by atoms with Gasteiger partial charge in [0, 0.05) is 12.3 Å². The molecule has 1 aliphatic carbocycles. The molecule has 1 saturated carbocycles. The molecular weight excluding hydrogens is 182 g/mol. The first-order valence-electron chi connectivity index (χ1n) is 4.92. The van der Waals surface area contributed by atoms with E-state index in [1.165, 1.54) is 25.0 Å². The molecule has 0 atom stereocenters. The zero-order valence-electron chi connectivity index (χ0n) is 8.10. The van der Waals surface area contributed by atoms with Crippen molar-refractivity contribution < 1.29 is 0 Å². The molecule has 0 amide bonds. The summed E-state index contributed by atoms with van der Waals surface area (Å²) in [6, 6.07) is 0. The van der Waals surface area contributed by atoms with E-state index < -0.39 is 0 Å². The van der Waals surface area contributed by atoms with E-state index in [1.807, 2.05) is 6.92 Å². The second-order valence-electron chi connectivity index (χ2n) is 3.21. The van der Waals surface area contributed by atoms with E-state index in [2.05, 4.69) is 15.8 Å². The van der Waals surface area contributed by atoms with Crippen LogP contribution in [0, 0.1) is 0 Å². The fourth-order valence-electron chi connectivity index (χ4n) is 1.40. The maximum atomic E-state index is 4.99. The number of hydrazone groups is 1. The lowest BCUT2D eigenvalue weighted by Gasteiger charge is -2.12. The van der Waals surface area contributed by atoms with Gasteiger partial charge >= 0.3 is 0 Å². The third-order valence-corrected chi connectivity index (χ3v) is 2.32. The normalized spacial score (nSPS) is 16.5. The van der Waals surface area contributed by atoms with Gasteiger partial charge in [0.05, 0.1) is 0 Å². The van der Waals surface area contributed by atoms with Gasteiger partial charge in [-0.3, -0.25) is 5.43 Å². The molecule has 0 saturated heterocycles. The van der Waals surface area contributed by atoms with Gasteiger partial charge in [0.15, 0.2) is 5.11 Å². The Kier molecular flexibility index (Phi) is 4.75. The zero-order valence-corrected chi connectivity index (χ0v) is 8.91. The summed E-state index contributed by atoms with van der Waals surface area (Å²) >= 11 is 4.99. The van der Waals surface area contributed by atoms with Crippen molar-refractivity contribution >= 4 is 23.0 Å². The van der Waals surface area contributed by atoms with Gasteiger partial charge in [0.25, 0.3) is 0 Å². The van der Waals surface area contributed by atoms with Crippen LogP contribution in [0.15, 0.2) is 5.10 Å². The fourth-order valence-corrected chi connectivity index (χ4v) is 1.59. The maximum absolute atomic E-state index is 4.99. The van der Waals surface area contributed by atoms with Gasteiger partial charge in [-0.05, 0) is 44.8 Å². The van der Waals surface area contributed by atoms with Crippen LogP contribution in [-0.4, -0.2) is 17.4 Å². The first-order valence-corrected chi connectivity index (χ1v) is 5.33. The number of thiocarbonyl (C=S) groups is 1. The Balaban J connectivity index is 2.25. The van der Waals surface area contributed by atoms with Crippen LogP contribution in [0.3, 0.4) is 0 Å². The number of nitrogens with zero attached hydrogens (tertiary/aromatic N) is 1. The smallest absolute Gasteiger partial charge is 0.186 e. The summed E-state index contributed by atoms with van der Waals surface area (Å²) in [5, 5.41) is 7.89. The summed E-state index contributed by atoms with van der Waals surface area (Å²) in [6.07, 6.45) is 6.14. The van der Waals surface area contributed by atoms with Crippen LogP contribution in [-0.2, 0) is 0 Å². The third kappa shape index (κ3) is 4.22. The van der Waals surface area contributed by atoms with Crippen molar-refractivity contribution in [3.63, 3.8) is 0 Å². The Morgan fingerprint density at radius 1 is 1.38 bits per heavy atom. The average molecular weight is 199 g/mol. The van der Waals surface area contributed by atoms with Crippen LogP contribution in [0.1, 0.15) is 39.0 Å². The molecule has 0 heterocycles. The molecule has 0 radical (unpaired) electrons. The van der Waals surface area contributed by atoms with Gasteiger partial charge in [-0.2, -0.15) is 5.10 Å². The fraction of sp³-hybridized carbons (Fsp3) is 0.778. The summed E-state index contributed by atoms with van der Waals surface area (Å²) in [4.78, 5) is 0. The van der Waals surface area contributed by atoms with Gasteiger partial charge in [-0.25, -0.2) is 0 Å².